The fourth-order valence-corrected chi connectivity index (χ4v) is 3.93. The first-order valence-corrected chi connectivity index (χ1v) is 8.95. The Kier molecular flexibility index (Phi) is 5.36. The van der Waals surface area contributed by atoms with Gasteiger partial charge in [-0.1, -0.05) is 13.8 Å². The maximum atomic E-state index is 13.7. The van der Waals surface area contributed by atoms with Crippen LogP contribution in [0.5, 0.6) is 0 Å². The van der Waals surface area contributed by atoms with Crippen molar-refractivity contribution in [2.45, 2.75) is 25.2 Å². The highest BCUT2D eigenvalue weighted by atomic mass is 32.2. The van der Waals surface area contributed by atoms with Gasteiger partial charge in [0.1, 0.15) is 16.5 Å². The lowest BCUT2D eigenvalue weighted by Crippen LogP contribution is -2.51. The van der Waals surface area contributed by atoms with E-state index in [9.17, 15) is 22.0 Å². The van der Waals surface area contributed by atoms with Crippen molar-refractivity contribution in [3.05, 3.63) is 29.8 Å². The highest BCUT2D eigenvalue weighted by Crippen LogP contribution is 2.22. The molecule has 1 aromatic rings. The molecule has 0 aromatic heterocycles. The standard InChI is InChI=1S/C15H20F2N2O3S/c1-3-11(2)15(20)18-6-8-19(9-7-18)23(21,22)14-5-4-12(16)10-13(14)17/h4-5,10-11H,3,6-9H2,1-2H3. The highest BCUT2D eigenvalue weighted by molar-refractivity contribution is 7.89. The van der Waals surface area contributed by atoms with E-state index in [1.54, 1.807) is 4.90 Å². The summed E-state index contributed by atoms with van der Waals surface area (Å²) in [5.41, 5.74) is 0. The molecule has 1 aliphatic heterocycles. The smallest absolute Gasteiger partial charge is 0.246 e. The van der Waals surface area contributed by atoms with Crippen LogP contribution in [0, 0.1) is 17.6 Å². The molecule has 1 aliphatic rings. The number of piperazine rings is 1. The van der Waals surface area contributed by atoms with E-state index in [-0.39, 0.29) is 38.0 Å². The molecular formula is C15H20F2N2O3S. The monoisotopic (exact) mass is 346 g/mol. The predicted molar refractivity (Wildman–Crippen MR) is 81.2 cm³/mol. The number of hydrogen-bond donors (Lipinski definition) is 0. The van der Waals surface area contributed by atoms with Crippen molar-refractivity contribution >= 4 is 15.9 Å². The summed E-state index contributed by atoms with van der Waals surface area (Å²) in [4.78, 5) is 13.2. The van der Waals surface area contributed by atoms with Gasteiger partial charge >= 0.3 is 0 Å². The molecule has 8 heteroatoms. The molecule has 1 saturated heterocycles. The second-order valence-electron chi connectivity index (χ2n) is 5.61. The molecule has 0 saturated carbocycles. The van der Waals surface area contributed by atoms with Crippen LogP contribution in [0.4, 0.5) is 8.78 Å². The molecular weight excluding hydrogens is 326 g/mol. The Balaban J connectivity index is 2.11. The van der Waals surface area contributed by atoms with Gasteiger partial charge in [-0.3, -0.25) is 4.79 Å². The summed E-state index contributed by atoms with van der Waals surface area (Å²) in [6.07, 6.45) is 0.720. The first-order chi connectivity index (χ1) is 10.8. The van der Waals surface area contributed by atoms with Crippen molar-refractivity contribution in [2.75, 3.05) is 26.2 Å². The number of hydrogen-bond acceptors (Lipinski definition) is 3. The SMILES string of the molecule is CCC(C)C(=O)N1CCN(S(=O)(=O)c2ccc(F)cc2F)CC1. The average Bonchev–Trinajstić information content (AvgIpc) is 2.53. The lowest BCUT2D eigenvalue weighted by atomic mass is 10.1. The van der Waals surface area contributed by atoms with Crippen LogP contribution in [0.1, 0.15) is 20.3 Å². The van der Waals surface area contributed by atoms with E-state index in [4.69, 9.17) is 0 Å². The molecule has 128 valence electrons. The number of carbonyl (C=O) groups is 1. The molecule has 0 spiro atoms. The first kappa shape index (κ1) is 17.8. The maximum Gasteiger partial charge on any atom is 0.246 e. The van der Waals surface area contributed by atoms with Gasteiger partial charge in [0.05, 0.1) is 0 Å². The summed E-state index contributed by atoms with van der Waals surface area (Å²) in [6, 6.07) is 2.39. The van der Waals surface area contributed by atoms with E-state index in [0.717, 1.165) is 22.9 Å². The number of amides is 1. The molecule has 0 aliphatic carbocycles. The zero-order chi connectivity index (χ0) is 17.2. The van der Waals surface area contributed by atoms with Crippen LogP contribution in [0.25, 0.3) is 0 Å². The van der Waals surface area contributed by atoms with Crippen molar-refractivity contribution in [1.82, 2.24) is 9.21 Å². The fourth-order valence-electron chi connectivity index (χ4n) is 2.46. The van der Waals surface area contributed by atoms with Gasteiger partial charge in [-0.25, -0.2) is 17.2 Å². The maximum absolute atomic E-state index is 13.7. The van der Waals surface area contributed by atoms with Gasteiger partial charge in [0.15, 0.2) is 0 Å². The molecule has 1 atom stereocenters. The second kappa shape index (κ2) is 6.92. The quantitative estimate of drug-likeness (QED) is 0.836. The number of nitrogens with zero attached hydrogens (tertiary/aromatic N) is 2. The highest BCUT2D eigenvalue weighted by Gasteiger charge is 2.32. The predicted octanol–water partition coefficient (Wildman–Crippen LogP) is 1.84. The van der Waals surface area contributed by atoms with E-state index < -0.39 is 26.6 Å². The minimum atomic E-state index is -4.03. The Bertz CT molecular complexity index is 686. The summed E-state index contributed by atoms with van der Waals surface area (Å²) < 4.78 is 52.7. The molecule has 0 radical (unpaired) electrons. The second-order valence-corrected chi connectivity index (χ2v) is 7.52. The van der Waals surface area contributed by atoms with E-state index >= 15 is 0 Å². The zero-order valence-electron chi connectivity index (χ0n) is 13.1. The van der Waals surface area contributed by atoms with Gasteiger partial charge in [0, 0.05) is 38.2 Å². The Labute approximate surface area is 134 Å². The van der Waals surface area contributed by atoms with Crippen molar-refractivity contribution in [3.63, 3.8) is 0 Å². The number of sulfonamides is 1. The summed E-state index contributed by atoms with van der Waals surface area (Å²) in [5.74, 6) is -2.04. The topological polar surface area (TPSA) is 57.7 Å². The lowest BCUT2D eigenvalue weighted by molar-refractivity contribution is -0.136. The Morgan fingerprint density at radius 3 is 2.35 bits per heavy atom. The van der Waals surface area contributed by atoms with Crippen LogP contribution >= 0.6 is 0 Å². The zero-order valence-corrected chi connectivity index (χ0v) is 13.9. The van der Waals surface area contributed by atoms with Gasteiger partial charge in [-0.05, 0) is 18.6 Å². The van der Waals surface area contributed by atoms with Crippen molar-refractivity contribution < 1.29 is 22.0 Å². The molecule has 5 nitrogen and oxygen atoms in total. The van der Waals surface area contributed by atoms with Crippen LogP contribution < -0.4 is 0 Å². The molecule has 0 N–H and O–H groups in total. The number of carbonyl (C=O) groups excluding carboxylic acids is 1. The van der Waals surface area contributed by atoms with E-state index in [2.05, 4.69) is 0 Å². The first-order valence-electron chi connectivity index (χ1n) is 7.51. The Morgan fingerprint density at radius 1 is 1.22 bits per heavy atom. The molecule has 1 fully saturated rings. The van der Waals surface area contributed by atoms with Crippen LogP contribution in [-0.2, 0) is 14.8 Å². The summed E-state index contributed by atoms with van der Waals surface area (Å²) in [7, 11) is -4.03. The third kappa shape index (κ3) is 3.69. The van der Waals surface area contributed by atoms with Gasteiger partial charge in [0.2, 0.25) is 15.9 Å². The summed E-state index contributed by atoms with van der Waals surface area (Å²) >= 11 is 0. The van der Waals surface area contributed by atoms with Crippen LogP contribution in [0.2, 0.25) is 0 Å². The molecule has 2 rings (SSSR count). The molecule has 0 bridgehead atoms. The number of halogens is 2. The van der Waals surface area contributed by atoms with Gasteiger partial charge in [0.25, 0.3) is 0 Å². The average molecular weight is 346 g/mol. The molecule has 1 unspecified atom stereocenters. The Morgan fingerprint density at radius 2 is 1.83 bits per heavy atom. The van der Waals surface area contributed by atoms with Gasteiger partial charge < -0.3 is 4.90 Å². The van der Waals surface area contributed by atoms with Crippen LogP contribution in [0.15, 0.2) is 23.1 Å². The number of benzene rings is 1. The van der Waals surface area contributed by atoms with E-state index in [0.29, 0.717) is 6.07 Å². The minimum Gasteiger partial charge on any atom is -0.340 e. The van der Waals surface area contributed by atoms with Crippen molar-refractivity contribution in [3.8, 4) is 0 Å². The lowest BCUT2D eigenvalue weighted by Gasteiger charge is -2.35. The Hall–Kier alpha value is -1.54. The van der Waals surface area contributed by atoms with E-state index in [1.807, 2.05) is 13.8 Å². The summed E-state index contributed by atoms with van der Waals surface area (Å²) in [5, 5.41) is 0. The number of rotatable bonds is 4. The normalized spacial score (nSPS) is 18.0. The van der Waals surface area contributed by atoms with Gasteiger partial charge in [-0.2, -0.15) is 4.31 Å². The minimum absolute atomic E-state index is 0.00230. The van der Waals surface area contributed by atoms with Crippen LogP contribution in [0.3, 0.4) is 0 Å². The largest absolute Gasteiger partial charge is 0.340 e. The van der Waals surface area contributed by atoms with E-state index in [1.165, 1.54) is 0 Å². The molecule has 1 amide bonds. The van der Waals surface area contributed by atoms with Gasteiger partial charge in [-0.15, -0.1) is 0 Å². The summed E-state index contributed by atoms with van der Waals surface area (Å²) in [6.45, 7) is 4.49. The third-order valence-corrected chi connectivity index (χ3v) is 6.03. The molecule has 23 heavy (non-hydrogen) atoms. The fraction of sp³-hybridized carbons (Fsp3) is 0.533. The van der Waals surface area contributed by atoms with Crippen molar-refractivity contribution in [1.29, 1.82) is 0 Å². The molecule has 1 aromatic carbocycles. The third-order valence-electron chi connectivity index (χ3n) is 4.10. The van der Waals surface area contributed by atoms with Crippen LogP contribution in [-0.4, -0.2) is 49.7 Å². The molecule has 1 heterocycles. The van der Waals surface area contributed by atoms with Crippen molar-refractivity contribution in [2.24, 2.45) is 5.92 Å².